The molecule has 1 N–H and O–H groups in total. The second-order valence-corrected chi connectivity index (χ2v) is 5.25. The molecule has 0 aliphatic carbocycles. The SMILES string of the molecule is CCC(C)N(CC(=O)O)C(=O)N1CCCC(C)C1. The van der Waals surface area contributed by atoms with Gasteiger partial charge in [-0.15, -0.1) is 0 Å². The number of hydrogen-bond donors (Lipinski definition) is 1. The molecule has 1 aliphatic rings. The molecule has 0 radical (unpaired) electrons. The Balaban J connectivity index is 2.71. The Morgan fingerprint density at radius 1 is 1.50 bits per heavy atom. The van der Waals surface area contributed by atoms with E-state index in [1.165, 1.54) is 4.90 Å². The van der Waals surface area contributed by atoms with Gasteiger partial charge in [-0.25, -0.2) is 4.79 Å². The highest BCUT2D eigenvalue weighted by atomic mass is 16.4. The van der Waals surface area contributed by atoms with Crippen LogP contribution in [0.4, 0.5) is 4.79 Å². The average Bonchev–Trinajstić information content (AvgIpc) is 2.34. The fourth-order valence-electron chi connectivity index (χ4n) is 2.32. The van der Waals surface area contributed by atoms with Gasteiger partial charge in [0.25, 0.3) is 0 Å². The molecule has 5 heteroatoms. The molecular formula is C13H24N2O3. The van der Waals surface area contributed by atoms with Crippen molar-refractivity contribution in [3.63, 3.8) is 0 Å². The number of carboxylic acid groups (broad SMARTS) is 1. The molecule has 104 valence electrons. The van der Waals surface area contributed by atoms with Crippen molar-refractivity contribution in [3.8, 4) is 0 Å². The van der Waals surface area contributed by atoms with Gasteiger partial charge in [0.1, 0.15) is 6.54 Å². The first kappa shape index (κ1) is 14.8. The molecule has 0 saturated carbocycles. The largest absolute Gasteiger partial charge is 0.480 e. The number of likely N-dealkylation sites (tertiary alicyclic amines) is 1. The number of urea groups is 1. The number of amides is 2. The van der Waals surface area contributed by atoms with Crippen molar-refractivity contribution in [1.82, 2.24) is 9.80 Å². The van der Waals surface area contributed by atoms with E-state index in [9.17, 15) is 9.59 Å². The van der Waals surface area contributed by atoms with Crippen LogP contribution >= 0.6 is 0 Å². The highest BCUT2D eigenvalue weighted by Crippen LogP contribution is 2.18. The zero-order valence-electron chi connectivity index (χ0n) is 11.6. The van der Waals surface area contributed by atoms with Crippen LogP contribution in [-0.4, -0.2) is 52.6 Å². The molecule has 1 saturated heterocycles. The maximum atomic E-state index is 12.4. The van der Waals surface area contributed by atoms with Crippen molar-refractivity contribution < 1.29 is 14.7 Å². The van der Waals surface area contributed by atoms with Crippen LogP contribution in [0.15, 0.2) is 0 Å². The normalized spacial score (nSPS) is 21.5. The van der Waals surface area contributed by atoms with E-state index in [0.717, 1.165) is 32.4 Å². The van der Waals surface area contributed by atoms with E-state index in [2.05, 4.69) is 6.92 Å². The molecule has 0 spiro atoms. The van der Waals surface area contributed by atoms with E-state index in [-0.39, 0.29) is 18.6 Å². The van der Waals surface area contributed by atoms with Gasteiger partial charge in [0.2, 0.25) is 0 Å². The molecule has 5 nitrogen and oxygen atoms in total. The van der Waals surface area contributed by atoms with Gasteiger partial charge in [-0.05, 0) is 32.1 Å². The predicted octanol–water partition coefficient (Wildman–Crippen LogP) is 2.02. The van der Waals surface area contributed by atoms with Gasteiger partial charge in [0.15, 0.2) is 0 Å². The van der Waals surface area contributed by atoms with Gasteiger partial charge < -0.3 is 14.9 Å². The number of carboxylic acids is 1. The molecule has 2 atom stereocenters. The van der Waals surface area contributed by atoms with Crippen LogP contribution in [0.1, 0.15) is 40.0 Å². The number of carbonyl (C=O) groups excluding carboxylic acids is 1. The van der Waals surface area contributed by atoms with Crippen molar-refractivity contribution in [2.24, 2.45) is 5.92 Å². The van der Waals surface area contributed by atoms with Crippen LogP contribution in [0.5, 0.6) is 0 Å². The Hall–Kier alpha value is -1.26. The second kappa shape index (κ2) is 6.61. The summed E-state index contributed by atoms with van der Waals surface area (Å²) in [5.41, 5.74) is 0. The zero-order valence-corrected chi connectivity index (χ0v) is 11.6. The topological polar surface area (TPSA) is 60.9 Å². The van der Waals surface area contributed by atoms with E-state index in [1.807, 2.05) is 13.8 Å². The minimum Gasteiger partial charge on any atom is -0.480 e. The molecule has 0 aromatic rings. The average molecular weight is 256 g/mol. The number of piperidine rings is 1. The van der Waals surface area contributed by atoms with Gasteiger partial charge in [0, 0.05) is 19.1 Å². The summed E-state index contributed by atoms with van der Waals surface area (Å²) in [5.74, 6) is -0.444. The van der Waals surface area contributed by atoms with Gasteiger partial charge in [-0.3, -0.25) is 4.79 Å². The van der Waals surface area contributed by atoms with Gasteiger partial charge in [-0.1, -0.05) is 13.8 Å². The Morgan fingerprint density at radius 3 is 2.67 bits per heavy atom. The lowest BCUT2D eigenvalue weighted by Gasteiger charge is -2.37. The Morgan fingerprint density at radius 2 is 2.17 bits per heavy atom. The third kappa shape index (κ3) is 3.89. The van der Waals surface area contributed by atoms with Crippen LogP contribution in [0.2, 0.25) is 0 Å². The summed E-state index contributed by atoms with van der Waals surface area (Å²) in [6, 6.07) is -0.163. The summed E-state index contributed by atoms with van der Waals surface area (Å²) in [6.45, 7) is 7.27. The molecule has 1 fully saturated rings. The maximum Gasteiger partial charge on any atom is 0.323 e. The Bertz CT molecular complexity index is 307. The molecule has 2 unspecified atom stereocenters. The summed E-state index contributed by atoms with van der Waals surface area (Å²) < 4.78 is 0. The minimum atomic E-state index is -0.950. The number of hydrogen-bond acceptors (Lipinski definition) is 2. The van der Waals surface area contributed by atoms with Crippen molar-refractivity contribution >= 4 is 12.0 Å². The monoisotopic (exact) mass is 256 g/mol. The van der Waals surface area contributed by atoms with Crippen molar-refractivity contribution in [2.45, 2.75) is 46.1 Å². The maximum absolute atomic E-state index is 12.4. The third-order valence-corrected chi connectivity index (χ3v) is 3.60. The molecule has 2 amide bonds. The molecule has 0 aromatic carbocycles. The summed E-state index contributed by atoms with van der Waals surface area (Å²) in [7, 11) is 0. The lowest BCUT2D eigenvalue weighted by atomic mass is 10.0. The van der Waals surface area contributed by atoms with E-state index in [4.69, 9.17) is 5.11 Å². The van der Waals surface area contributed by atoms with Crippen LogP contribution < -0.4 is 0 Å². The summed E-state index contributed by atoms with van der Waals surface area (Å²) in [5, 5.41) is 8.92. The van der Waals surface area contributed by atoms with E-state index in [0.29, 0.717) is 5.92 Å². The van der Waals surface area contributed by atoms with Crippen LogP contribution in [0.3, 0.4) is 0 Å². The quantitative estimate of drug-likeness (QED) is 0.837. The number of carbonyl (C=O) groups is 2. The lowest BCUT2D eigenvalue weighted by molar-refractivity contribution is -0.138. The fraction of sp³-hybridized carbons (Fsp3) is 0.846. The van der Waals surface area contributed by atoms with E-state index in [1.54, 1.807) is 4.90 Å². The van der Waals surface area contributed by atoms with Crippen LogP contribution in [0, 0.1) is 5.92 Å². The molecule has 1 heterocycles. The first-order valence-corrected chi connectivity index (χ1v) is 6.73. The van der Waals surface area contributed by atoms with Crippen LogP contribution in [0.25, 0.3) is 0 Å². The zero-order chi connectivity index (χ0) is 13.7. The highest BCUT2D eigenvalue weighted by Gasteiger charge is 2.28. The van der Waals surface area contributed by atoms with Gasteiger partial charge >= 0.3 is 12.0 Å². The van der Waals surface area contributed by atoms with Crippen molar-refractivity contribution in [2.75, 3.05) is 19.6 Å². The second-order valence-electron chi connectivity index (χ2n) is 5.25. The molecular weight excluding hydrogens is 232 g/mol. The molecule has 0 bridgehead atoms. The van der Waals surface area contributed by atoms with Crippen molar-refractivity contribution in [1.29, 1.82) is 0 Å². The predicted molar refractivity (Wildman–Crippen MR) is 69.5 cm³/mol. The number of rotatable bonds is 4. The first-order chi connectivity index (χ1) is 8.45. The highest BCUT2D eigenvalue weighted by molar-refractivity contribution is 5.80. The first-order valence-electron chi connectivity index (χ1n) is 6.73. The molecule has 0 aromatic heterocycles. The standard InChI is InChI=1S/C13H24N2O3/c1-4-11(3)15(9-12(16)17)13(18)14-7-5-6-10(2)8-14/h10-11H,4-9H2,1-3H3,(H,16,17). The van der Waals surface area contributed by atoms with Gasteiger partial charge in [-0.2, -0.15) is 0 Å². The van der Waals surface area contributed by atoms with Crippen LogP contribution in [-0.2, 0) is 4.79 Å². The summed E-state index contributed by atoms with van der Waals surface area (Å²) in [4.78, 5) is 26.5. The van der Waals surface area contributed by atoms with Crippen molar-refractivity contribution in [3.05, 3.63) is 0 Å². The van der Waals surface area contributed by atoms with Gasteiger partial charge in [0.05, 0.1) is 0 Å². The summed E-state index contributed by atoms with van der Waals surface area (Å²) >= 11 is 0. The fourth-order valence-corrected chi connectivity index (χ4v) is 2.32. The molecule has 18 heavy (non-hydrogen) atoms. The minimum absolute atomic E-state index is 0.0363. The van der Waals surface area contributed by atoms with E-state index >= 15 is 0 Å². The summed E-state index contributed by atoms with van der Waals surface area (Å²) in [6.07, 6.45) is 2.92. The van der Waals surface area contributed by atoms with E-state index < -0.39 is 5.97 Å². The molecule has 1 aliphatic heterocycles. The Kier molecular flexibility index (Phi) is 5.44. The lowest BCUT2D eigenvalue weighted by Crippen LogP contribution is -2.51. The number of aliphatic carboxylic acids is 1. The Labute approximate surface area is 109 Å². The molecule has 1 rings (SSSR count). The third-order valence-electron chi connectivity index (χ3n) is 3.60. The smallest absolute Gasteiger partial charge is 0.323 e. The number of nitrogens with zero attached hydrogens (tertiary/aromatic N) is 2.